The molecule has 1 atom stereocenters. The van der Waals surface area contributed by atoms with Crippen LogP contribution in [0.5, 0.6) is 5.75 Å². The highest BCUT2D eigenvalue weighted by molar-refractivity contribution is 5.97. The van der Waals surface area contributed by atoms with Crippen LogP contribution in [0, 0.1) is 19.7 Å². The molecular weight excluding hydrogens is 483 g/mol. The van der Waals surface area contributed by atoms with Crippen LogP contribution in [0.15, 0.2) is 43.5 Å². The van der Waals surface area contributed by atoms with Gasteiger partial charge in [-0.05, 0) is 56.2 Å². The van der Waals surface area contributed by atoms with Gasteiger partial charge in [-0.15, -0.1) is 13.2 Å². The third-order valence-electron chi connectivity index (χ3n) is 4.66. The van der Waals surface area contributed by atoms with E-state index in [0.29, 0.717) is 11.6 Å². The molecule has 0 aromatic heterocycles. The summed E-state index contributed by atoms with van der Waals surface area (Å²) in [4.78, 5) is 21.9. The van der Waals surface area contributed by atoms with Crippen molar-refractivity contribution in [1.29, 1.82) is 0 Å². The van der Waals surface area contributed by atoms with Crippen molar-refractivity contribution < 1.29 is 45.1 Å². The first kappa shape index (κ1) is 31.6. The minimum absolute atomic E-state index is 0.0703. The van der Waals surface area contributed by atoms with Crippen LogP contribution in [-0.4, -0.2) is 36.9 Å². The van der Waals surface area contributed by atoms with Crippen LogP contribution in [-0.2, 0) is 17.5 Å². The average Bonchev–Trinajstić information content (AvgIpc) is 2.78. The van der Waals surface area contributed by atoms with Gasteiger partial charge in [-0.1, -0.05) is 11.6 Å². The Labute approximate surface area is 199 Å². The Bertz CT molecular complexity index is 1000. The highest BCUT2D eigenvalue weighted by Crippen LogP contribution is 2.33. The molecule has 0 aliphatic heterocycles. The molecule has 2 aromatic rings. The van der Waals surface area contributed by atoms with Crippen LogP contribution in [0.2, 0.25) is 0 Å². The summed E-state index contributed by atoms with van der Waals surface area (Å²) in [5, 5.41) is 0. The molecule has 0 fully saturated rings. The number of aryl methyl sites for hydroxylation is 1. The second-order valence-electron chi connectivity index (χ2n) is 7.20. The van der Waals surface area contributed by atoms with E-state index >= 15 is 0 Å². The van der Waals surface area contributed by atoms with Crippen molar-refractivity contribution in [3.63, 3.8) is 0 Å². The fourth-order valence-electron chi connectivity index (χ4n) is 2.77. The predicted octanol–water partition coefficient (Wildman–Crippen LogP) is 6.68. The van der Waals surface area contributed by atoms with Crippen molar-refractivity contribution in [2.24, 2.45) is 0 Å². The molecule has 0 N–H and O–H groups in total. The van der Waals surface area contributed by atoms with E-state index in [1.54, 1.807) is 6.92 Å². The Kier molecular flexibility index (Phi) is 11.7. The Morgan fingerprint density at radius 2 is 1.57 bits per heavy atom. The summed E-state index contributed by atoms with van der Waals surface area (Å²) in [6, 6.07) is 5.10. The third kappa shape index (κ3) is 8.73. The Morgan fingerprint density at radius 3 is 2.06 bits per heavy atom. The molecule has 1 unspecified atom stereocenters. The third-order valence-corrected chi connectivity index (χ3v) is 4.66. The molecule has 2 rings (SSSR count). The van der Waals surface area contributed by atoms with Gasteiger partial charge in [0.05, 0.1) is 11.1 Å². The van der Waals surface area contributed by atoms with Gasteiger partial charge >= 0.3 is 12.4 Å². The van der Waals surface area contributed by atoms with Gasteiger partial charge in [-0.25, -0.2) is 4.39 Å². The number of ether oxygens (including phenoxy) is 1. The Balaban J connectivity index is 0.00000274. The monoisotopic (exact) mass is 509 g/mol. The first-order valence-electron chi connectivity index (χ1n) is 9.85. The minimum Gasteiger partial charge on any atom is -0.480 e. The lowest BCUT2D eigenvalue weighted by molar-refractivity contribution is -0.189. The van der Waals surface area contributed by atoms with Crippen molar-refractivity contribution >= 4 is 12.7 Å². The lowest BCUT2D eigenvalue weighted by atomic mass is 10.0. The quantitative estimate of drug-likeness (QED) is 0.334. The summed E-state index contributed by atoms with van der Waals surface area (Å²) >= 11 is 0. The molecule has 0 spiro atoms. The van der Waals surface area contributed by atoms with Gasteiger partial charge in [-0.3, -0.25) is 4.79 Å². The molecule has 0 aliphatic carbocycles. The first-order chi connectivity index (χ1) is 16.1. The van der Waals surface area contributed by atoms with Crippen LogP contribution < -0.4 is 4.74 Å². The number of rotatable bonds is 5. The zero-order valence-corrected chi connectivity index (χ0v) is 19.6. The first-order valence-corrected chi connectivity index (χ1v) is 9.85. The zero-order valence-electron chi connectivity index (χ0n) is 19.6. The number of hydrogen-bond donors (Lipinski definition) is 0. The molecule has 0 heterocycles. The maximum absolute atomic E-state index is 14.0. The number of benzene rings is 2. The van der Waals surface area contributed by atoms with E-state index in [1.165, 1.54) is 32.2 Å². The number of carbonyl (C=O) groups is 2. The molecule has 4 nitrogen and oxygen atoms in total. The molecule has 35 heavy (non-hydrogen) atoms. The number of nitrogens with zero attached hydrogens (tertiary/aromatic N) is 1. The number of alkyl halides is 6. The topological polar surface area (TPSA) is 46.6 Å². The van der Waals surface area contributed by atoms with Gasteiger partial charge in [0.15, 0.2) is 6.10 Å². The molecule has 194 valence electrons. The summed E-state index contributed by atoms with van der Waals surface area (Å²) < 4.78 is 96.5. The lowest BCUT2D eigenvalue weighted by Crippen LogP contribution is -2.33. The lowest BCUT2D eigenvalue weighted by Gasteiger charge is -2.23. The van der Waals surface area contributed by atoms with Gasteiger partial charge in [0.2, 0.25) is 0 Å². The van der Waals surface area contributed by atoms with Gasteiger partial charge in [0.25, 0.3) is 5.91 Å². The van der Waals surface area contributed by atoms with Crippen molar-refractivity contribution in [2.75, 3.05) is 7.05 Å². The smallest absolute Gasteiger partial charge is 0.425 e. The molecule has 0 radical (unpaired) electrons. The molecule has 0 aliphatic rings. The van der Waals surface area contributed by atoms with Crippen molar-refractivity contribution in [3.05, 3.63) is 77.1 Å². The van der Waals surface area contributed by atoms with E-state index in [1.807, 2.05) is 6.79 Å². The summed E-state index contributed by atoms with van der Waals surface area (Å²) in [6.45, 7) is 11.3. The van der Waals surface area contributed by atoms with E-state index in [0.717, 1.165) is 17.9 Å². The van der Waals surface area contributed by atoms with Crippen LogP contribution in [0.3, 0.4) is 0 Å². The summed E-state index contributed by atoms with van der Waals surface area (Å²) in [6.07, 6.45) is -11.6. The molecular formula is C24H26F7NO3. The highest BCUT2D eigenvalue weighted by Gasteiger charge is 2.39. The molecule has 0 saturated heterocycles. The van der Waals surface area contributed by atoms with Gasteiger partial charge in [0.1, 0.15) is 18.4 Å². The van der Waals surface area contributed by atoms with Crippen molar-refractivity contribution in [1.82, 2.24) is 4.90 Å². The SMILES string of the molecule is C=C.C=O.Cc1ccc(OC(C)C(F)(F)F)c(C(=O)N(C)Cc2cc(C(F)(F)F)cc(F)c2C)c1. The van der Waals surface area contributed by atoms with E-state index < -0.39 is 42.3 Å². The summed E-state index contributed by atoms with van der Waals surface area (Å²) in [7, 11) is 1.25. The second-order valence-corrected chi connectivity index (χ2v) is 7.20. The van der Waals surface area contributed by atoms with Gasteiger partial charge in [0, 0.05) is 13.6 Å². The maximum Gasteiger partial charge on any atom is 0.425 e. The van der Waals surface area contributed by atoms with E-state index in [9.17, 15) is 35.5 Å². The Hall–Kier alpha value is -3.37. The fourth-order valence-corrected chi connectivity index (χ4v) is 2.77. The largest absolute Gasteiger partial charge is 0.480 e. The van der Waals surface area contributed by atoms with Crippen LogP contribution in [0.1, 0.15) is 39.5 Å². The Morgan fingerprint density at radius 1 is 1.03 bits per heavy atom. The number of carbonyl (C=O) groups excluding carboxylic acids is 2. The van der Waals surface area contributed by atoms with Crippen molar-refractivity contribution in [2.45, 2.75) is 45.8 Å². The zero-order chi connectivity index (χ0) is 27.7. The summed E-state index contributed by atoms with van der Waals surface area (Å²) in [5.41, 5.74) is -0.986. The number of halogens is 7. The number of amides is 1. The van der Waals surface area contributed by atoms with E-state index in [4.69, 9.17) is 9.53 Å². The van der Waals surface area contributed by atoms with Crippen LogP contribution in [0.25, 0.3) is 0 Å². The van der Waals surface area contributed by atoms with E-state index in [2.05, 4.69) is 13.2 Å². The number of hydrogen-bond acceptors (Lipinski definition) is 3. The second kappa shape index (κ2) is 12.9. The van der Waals surface area contributed by atoms with Crippen LogP contribution >= 0.6 is 0 Å². The molecule has 0 bridgehead atoms. The predicted molar refractivity (Wildman–Crippen MR) is 118 cm³/mol. The molecule has 11 heteroatoms. The fraction of sp³-hybridized carbons (Fsp3) is 0.333. The standard InChI is InChI=1S/C21H20F7NO2.C2H4.CH2O/c1-11-5-6-18(31-13(3)20(23,24)25)16(7-11)19(30)29(4)10-14-8-15(21(26,27)28)9-17(22)12(14)2;2*1-2/h5-9,13H,10H2,1-4H3;1-2H2;1H2. The minimum atomic E-state index is -4.78. The van der Waals surface area contributed by atoms with Crippen molar-refractivity contribution in [3.8, 4) is 5.75 Å². The summed E-state index contributed by atoms with van der Waals surface area (Å²) in [5.74, 6) is -2.19. The maximum atomic E-state index is 14.0. The molecule has 1 amide bonds. The van der Waals surface area contributed by atoms with Gasteiger partial charge in [-0.2, -0.15) is 26.3 Å². The normalized spacial score (nSPS) is 11.9. The van der Waals surface area contributed by atoms with Gasteiger partial charge < -0.3 is 14.4 Å². The molecule has 0 saturated carbocycles. The van der Waals surface area contributed by atoms with E-state index in [-0.39, 0.29) is 22.4 Å². The highest BCUT2D eigenvalue weighted by atomic mass is 19.4. The average molecular weight is 509 g/mol. The van der Waals surface area contributed by atoms with Crippen LogP contribution in [0.4, 0.5) is 30.7 Å². The molecule has 2 aromatic carbocycles.